The Hall–Kier alpha value is -1.32. The van der Waals surface area contributed by atoms with Gasteiger partial charge in [-0.05, 0) is 0 Å². The molecule has 4 heteroatoms. The molecule has 0 atom stereocenters. The summed E-state index contributed by atoms with van der Waals surface area (Å²) in [5.74, 6) is -0.0512. The highest BCUT2D eigenvalue weighted by atomic mass is 19.1. The van der Waals surface area contributed by atoms with E-state index in [2.05, 4.69) is 4.98 Å². The fourth-order valence-electron chi connectivity index (χ4n) is 0.946. The molecule has 0 spiro atoms. The van der Waals surface area contributed by atoms with Gasteiger partial charge in [0.2, 0.25) is 5.75 Å². The Kier molecular flexibility index (Phi) is 1.38. The molecule has 11 heavy (non-hydrogen) atoms. The van der Waals surface area contributed by atoms with Crippen molar-refractivity contribution in [2.75, 3.05) is 13.2 Å². The van der Waals surface area contributed by atoms with E-state index in [4.69, 9.17) is 9.47 Å². The van der Waals surface area contributed by atoms with Gasteiger partial charge in [-0.15, -0.1) is 0 Å². The third-order valence-electron chi connectivity index (χ3n) is 1.41. The zero-order chi connectivity index (χ0) is 7.68. The summed E-state index contributed by atoms with van der Waals surface area (Å²) in [6.45, 7) is 0.853. The highest BCUT2D eigenvalue weighted by Crippen LogP contribution is 2.30. The standard InChI is InChI=1S/C7H6FNO2/c8-7-6-5(1-2-9-7)10-3-4-11-6/h1-2H,3-4H2. The van der Waals surface area contributed by atoms with Gasteiger partial charge in [-0.2, -0.15) is 4.39 Å². The maximum atomic E-state index is 12.8. The molecule has 0 aliphatic carbocycles. The molecule has 0 saturated carbocycles. The number of ether oxygens (including phenoxy) is 2. The summed E-state index contributed by atoms with van der Waals surface area (Å²) < 4.78 is 22.8. The average molecular weight is 155 g/mol. The molecule has 0 saturated heterocycles. The summed E-state index contributed by atoms with van der Waals surface area (Å²) >= 11 is 0. The Morgan fingerprint density at radius 2 is 2.18 bits per heavy atom. The number of aromatic nitrogens is 1. The lowest BCUT2D eigenvalue weighted by atomic mass is 10.4. The van der Waals surface area contributed by atoms with Gasteiger partial charge >= 0.3 is 0 Å². The van der Waals surface area contributed by atoms with Gasteiger partial charge in [0.05, 0.1) is 0 Å². The van der Waals surface area contributed by atoms with Crippen LogP contribution in [0.2, 0.25) is 0 Å². The minimum atomic E-state index is -0.609. The molecule has 58 valence electrons. The lowest BCUT2D eigenvalue weighted by Gasteiger charge is -2.17. The average Bonchev–Trinajstić information content (AvgIpc) is 2.06. The Balaban J connectivity index is 2.49. The summed E-state index contributed by atoms with van der Waals surface area (Å²) in [7, 11) is 0. The largest absolute Gasteiger partial charge is 0.486 e. The van der Waals surface area contributed by atoms with E-state index in [1.165, 1.54) is 6.20 Å². The predicted octanol–water partition coefficient (Wildman–Crippen LogP) is 0.992. The molecule has 2 rings (SSSR count). The van der Waals surface area contributed by atoms with E-state index in [0.717, 1.165) is 0 Å². The van der Waals surface area contributed by atoms with Crippen LogP contribution in [-0.4, -0.2) is 18.2 Å². The first-order valence-electron chi connectivity index (χ1n) is 3.28. The van der Waals surface area contributed by atoms with Crippen LogP contribution in [0.1, 0.15) is 0 Å². The number of hydrogen-bond donors (Lipinski definition) is 0. The third-order valence-corrected chi connectivity index (χ3v) is 1.41. The van der Waals surface area contributed by atoms with Crippen molar-refractivity contribution < 1.29 is 13.9 Å². The summed E-state index contributed by atoms with van der Waals surface area (Å²) in [5, 5.41) is 0. The molecule has 2 heterocycles. The van der Waals surface area contributed by atoms with Crippen molar-refractivity contribution in [2.45, 2.75) is 0 Å². The highest BCUT2D eigenvalue weighted by molar-refractivity contribution is 5.38. The third kappa shape index (κ3) is 1.00. The van der Waals surface area contributed by atoms with Gasteiger partial charge < -0.3 is 9.47 Å². The van der Waals surface area contributed by atoms with Crippen molar-refractivity contribution in [3.8, 4) is 11.5 Å². The summed E-state index contributed by atoms with van der Waals surface area (Å²) in [4.78, 5) is 3.42. The van der Waals surface area contributed by atoms with Crippen molar-refractivity contribution >= 4 is 0 Å². The van der Waals surface area contributed by atoms with Crippen LogP contribution in [0.15, 0.2) is 12.3 Å². The predicted molar refractivity (Wildman–Crippen MR) is 35.2 cm³/mol. The van der Waals surface area contributed by atoms with Crippen LogP contribution in [0.5, 0.6) is 11.5 Å². The van der Waals surface area contributed by atoms with Gasteiger partial charge in [0.1, 0.15) is 13.2 Å². The molecule has 3 nitrogen and oxygen atoms in total. The van der Waals surface area contributed by atoms with E-state index in [1.54, 1.807) is 6.07 Å². The second-order valence-electron chi connectivity index (χ2n) is 2.13. The monoisotopic (exact) mass is 155 g/mol. The number of hydrogen-bond acceptors (Lipinski definition) is 3. The molecule has 0 fully saturated rings. The maximum absolute atomic E-state index is 12.8. The van der Waals surface area contributed by atoms with E-state index in [-0.39, 0.29) is 5.75 Å². The maximum Gasteiger partial charge on any atom is 0.259 e. The molecule has 0 radical (unpaired) electrons. The molecule has 1 aromatic rings. The Labute approximate surface area is 62.8 Å². The van der Waals surface area contributed by atoms with E-state index < -0.39 is 5.95 Å². The molecule has 0 amide bonds. The number of halogens is 1. The molecule has 0 N–H and O–H groups in total. The second kappa shape index (κ2) is 2.38. The van der Waals surface area contributed by atoms with Crippen LogP contribution < -0.4 is 9.47 Å². The van der Waals surface area contributed by atoms with Crippen LogP contribution in [0.4, 0.5) is 4.39 Å². The van der Waals surface area contributed by atoms with Crippen LogP contribution in [0.25, 0.3) is 0 Å². The highest BCUT2D eigenvalue weighted by Gasteiger charge is 2.15. The molecule has 0 unspecified atom stereocenters. The van der Waals surface area contributed by atoms with Gasteiger partial charge in [-0.3, -0.25) is 0 Å². The van der Waals surface area contributed by atoms with E-state index in [1.807, 2.05) is 0 Å². The summed E-state index contributed by atoms with van der Waals surface area (Å²) in [6, 6.07) is 1.58. The number of pyridine rings is 1. The van der Waals surface area contributed by atoms with Crippen LogP contribution in [0, 0.1) is 5.95 Å². The summed E-state index contributed by atoms with van der Waals surface area (Å²) in [5.41, 5.74) is 0. The van der Waals surface area contributed by atoms with E-state index >= 15 is 0 Å². The van der Waals surface area contributed by atoms with Gasteiger partial charge in [0, 0.05) is 12.3 Å². The zero-order valence-electron chi connectivity index (χ0n) is 5.71. The van der Waals surface area contributed by atoms with Gasteiger partial charge in [-0.25, -0.2) is 4.98 Å². The van der Waals surface area contributed by atoms with Crippen molar-refractivity contribution in [3.05, 3.63) is 18.2 Å². The molecular weight excluding hydrogens is 149 g/mol. The van der Waals surface area contributed by atoms with Crippen LogP contribution >= 0.6 is 0 Å². The first-order chi connectivity index (χ1) is 5.38. The van der Waals surface area contributed by atoms with Crippen molar-refractivity contribution in [3.63, 3.8) is 0 Å². The number of fused-ring (bicyclic) bond motifs is 1. The quantitative estimate of drug-likeness (QED) is 0.523. The fraction of sp³-hybridized carbons (Fsp3) is 0.286. The molecule has 1 aliphatic heterocycles. The Bertz CT molecular complexity index is 277. The van der Waals surface area contributed by atoms with E-state index in [0.29, 0.717) is 19.0 Å². The van der Waals surface area contributed by atoms with Crippen molar-refractivity contribution in [2.24, 2.45) is 0 Å². The van der Waals surface area contributed by atoms with Gasteiger partial charge in [-0.1, -0.05) is 0 Å². The lowest BCUT2D eigenvalue weighted by molar-refractivity contribution is 0.162. The van der Waals surface area contributed by atoms with Crippen LogP contribution in [-0.2, 0) is 0 Å². The van der Waals surface area contributed by atoms with Crippen LogP contribution in [0.3, 0.4) is 0 Å². The lowest BCUT2D eigenvalue weighted by Crippen LogP contribution is -2.16. The first kappa shape index (κ1) is 6.39. The second-order valence-corrected chi connectivity index (χ2v) is 2.13. The molecular formula is C7H6FNO2. The smallest absolute Gasteiger partial charge is 0.259 e. The molecule has 1 aromatic heterocycles. The SMILES string of the molecule is Fc1nccc2c1OCCO2. The van der Waals surface area contributed by atoms with Gasteiger partial charge in [0.25, 0.3) is 5.95 Å². The molecule has 1 aliphatic rings. The molecule has 0 aromatic carbocycles. The Morgan fingerprint density at radius 3 is 3.00 bits per heavy atom. The van der Waals surface area contributed by atoms with Crippen molar-refractivity contribution in [1.82, 2.24) is 4.98 Å². The zero-order valence-corrected chi connectivity index (χ0v) is 5.71. The molecule has 0 bridgehead atoms. The number of nitrogens with zero attached hydrogens (tertiary/aromatic N) is 1. The Morgan fingerprint density at radius 1 is 1.36 bits per heavy atom. The number of rotatable bonds is 0. The first-order valence-corrected chi connectivity index (χ1v) is 3.28. The van der Waals surface area contributed by atoms with E-state index in [9.17, 15) is 4.39 Å². The minimum Gasteiger partial charge on any atom is -0.486 e. The fourth-order valence-corrected chi connectivity index (χ4v) is 0.946. The minimum absolute atomic E-state index is 0.124. The topological polar surface area (TPSA) is 31.4 Å². The van der Waals surface area contributed by atoms with Gasteiger partial charge in [0.15, 0.2) is 5.75 Å². The van der Waals surface area contributed by atoms with Crippen molar-refractivity contribution in [1.29, 1.82) is 0 Å². The summed E-state index contributed by atoms with van der Waals surface area (Å²) in [6.07, 6.45) is 1.35. The normalized spacial score (nSPS) is 14.6.